The molecule has 0 saturated carbocycles. The minimum atomic E-state index is -0.844. The molecule has 1 atom stereocenters. The number of halogens is 1. The van der Waals surface area contributed by atoms with Gasteiger partial charge in [0.05, 0.1) is 24.8 Å². The Balaban J connectivity index is 1.92. The van der Waals surface area contributed by atoms with Crippen molar-refractivity contribution in [3.05, 3.63) is 93.5 Å². The van der Waals surface area contributed by atoms with Crippen molar-refractivity contribution in [2.75, 3.05) is 12.0 Å². The number of ketones is 1. The molecule has 1 N–H and O–H groups in total. The van der Waals surface area contributed by atoms with Crippen molar-refractivity contribution < 1.29 is 24.2 Å². The number of carbonyl (C=O) groups is 2. The fraction of sp³-hybridized carbons (Fsp3) is 0.214. The third-order valence-electron chi connectivity index (χ3n) is 5.77. The molecule has 0 spiro atoms. The van der Waals surface area contributed by atoms with Crippen LogP contribution in [0.5, 0.6) is 11.5 Å². The van der Waals surface area contributed by atoms with E-state index in [0.29, 0.717) is 28.3 Å². The van der Waals surface area contributed by atoms with Gasteiger partial charge in [-0.15, -0.1) is 0 Å². The van der Waals surface area contributed by atoms with Gasteiger partial charge in [-0.2, -0.15) is 0 Å². The first-order valence-corrected chi connectivity index (χ1v) is 12.0. The number of anilines is 1. The second-order valence-electron chi connectivity index (χ2n) is 8.57. The summed E-state index contributed by atoms with van der Waals surface area (Å²) in [4.78, 5) is 28.1. The molecule has 0 bridgehead atoms. The molecule has 7 heteroatoms. The van der Waals surface area contributed by atoms with Crippen LogP contribution in [0.3, 0.4) is 0 Å². The Hall–Kier alpha value is -3.58. The van der Waals surface area contributed by atoms with Crippen molar-refractivity contribution in [3.8, 4) is 11.5 Å². The molecule has 1 amide bonds. The molecule has 1 saturated heterocycles. The van der Waals surface area contributed by atoms with E-state index in [0.717, 1.165) is 10.0 Å². The average Bonchev–Trinajstić information content (AvgIpc) is 3.10. The van der Waals surface area contributed by atoms with Gasteiger partial charge in [-0.05, 0) is 80.4 Å². The lowest BCUT2D eigenvalue weighted by atomic mass is 9.94. The first-order valence-electron chi connectivity index (χ1n) is 11.2. The number of aliphatic hydroxyl groups excluding tert-OH is 1. The Morgan fingerprint density at radius 1 is 1.00 bits per heavy atom. The number of Topliss-reactive ketones (excluding diaryl/α,β-unsaturated/α-hetero) is 1. The highest BCUT2D eigenvalue weighted by Crippen LogP contribution is 2.43. The van der Waals surface area contributed by atoms with Crippen molar-refractivity contribution in [3.63, 3.8) is 0 Å². The lowest BCUT2D eigenvalue weighted by Gasteiger charge is -2.26. The molecule has 4 rings (SSSR count). The highest BCUT2D eigenvalue weighted by molar-refractivity contribution is 9.10. The molecule has 1 aliphatic rings. The second kappa shape index (κ2) is 9.96. The van der Waals surface area contributed by atoms with Crippen molar-refractivity contribution in [1.82, 2.24) is 0 Å². The lowest BCUT2D eigenvalue weighted by molar-refractivity contribution is -0.132. The second-order valence-corrected chi connectivity index (χ2v) is 9.42. The quantitative estimate of drug-likeness (QED) is 0.231. The van der Waals surface area contributed by atoms with Crippen LogP contribution >= 0.6 is 15.9 Å². The average molecular weight is 536 g/mol. The third kappa shape index (κ3) is 4.82. The Labute approximate surface area is 212 Å². The topological polar surface area (TPSA) is 76.1 Å². The van der Waals surface area contributed by atoms with E-state index in [1.54, 1.807) is 55.6 Å². The van der Waals surface area contributed by atoms with E-state index in [1.165, 1.54) is 4.90 Å². The predicted molar refractivity (Wildman–Crippen MR) is 139 cm³/mol. The van der Waals surface area contributed by atoms with Crippen LogP contribution in [-0.4, -0.2) is 30.0 Å². The van der Waals surface area contributed by atoms with Crippen LogP contribution in [-0.2, 0) is 9.59 Å². The number of methoxy groups -OCH3 is 1. The number of carbonyl (C=O) groups excluding carboxylic acids is 2. The molecule has 6 nitrogen and oxygen atoms in total. The molecule has 0 radical (unpaired) electrons. The van der Waals surface area contributed by atoms with Gasteiger partial charge in [0.2, 0.25) is 0 Å². The highest BCUT2D eigenvalue weighted by atomic mass is 79.9. The largest absolute Gasteiger partial charge is 0.507 e. The number of benzene rings is 3. The van der Waals surface area contributed by atoms with Gasteiger partial charge in [-0.3, -0.25) is 14.5 Å². The number of hydrogen-bond donors (Lipinski definition) is 1. The fourth-order valence-electron chi connectivity index (χ4n) is 4.13. The summed E-state index contributed by atoms with van der Waals surface area (Å²) >= 11 is 3.46. The maximum absolute atomic E-state index is 13.4. The predicted octanol–water partition coefficient (Wildman–Crippen LogP) is 6.18. The van der Waals surface area contributed by atoms with Crippen molar-refractivity contribution in [1.29, 1.82) is 0 Å². The maximum atomic E-state index is 13.4. The van der Waals surface area contributed by atoms with E-state index < -0.39 is 17.7 Å². The molecular weight excluding hydrogens is 510 g/mol. The van der Waals surface area contributed by atoms with Gasteiger partial charge in [-0.25, -0.2) is 0 Å². The normalized spacial score (nSPS) is 17.2. The highest BCUT2D eigenvalue weighted by Gasteiger charge is 2.47. The van der Waals surface area contributed by atoms with Crippen molar-refractivity contribution in [2.24, 2.45) is 0 Å². The summed E-state index contributed by atoms with van der Waals surface area (Å²) < 4.78 is 12.0. The molecule has 1 unspecified atom stereocenters. The number of nitrogens with zero attached hydrogens (tertiary/aromatic N) is 1. The van der Waals surface area contributed by atoms with Gasteiger partial charge in [-0.1, -0.05) is 34.1 Å². The zero-order valence-electron chi connectivity index (χ0n) is 19.9. The number of ether oxygens (including phenoxy) is 2. The van der Waals surface area contributed by atoms with Crippen LogP contribution in [0, 0.1) is 6.92 Å². The van der Waals surface area contributed by atoms with E-state index in [9.17, 15) is 14.7 Å². The van der Waals surface area contributed by atoms with E-state index in [-0.39, 0.29) is 17.4 Å². The van der Waals surface area contributed by atoms with Crippen LogP contribution < -0.4 is 14.4 Å². The van der Waals surface area contributed by atoms with Crippen molar-refractivity contribution >= 4 is 39.1 Å². The smallest absolute Gasteiger partial charge is 0.300 e. The van der Waals surface area contributed by atoms with Crippen LogP contribution in [0.1, 0.15) is 36.6 Å². The summed E-state index contributed by atoms with van der Waals surface area (Å²) in [7, 11) is 1.56. The van der Waals surface area contributed by atoms with Crippen LogP contribution in [0.4, 0.5) is 5.69 Å². The van der Waals surface area contributed by atoms with Gasteiger partial charge >= 0.3 is 0 Å². The Morgan fingerprint density at radius 3 is 2.34 bits per heavy atom. The number of rotatable bonds is 6. The maximum Gasteiger partial charge on any atom is 0.300 e. The summed E-state index contributed by atoms with van der Waals surface area (Å²) in [5.41, 5.74) is 2.53. The molecule has 35 heavy (non-hydrogen) atoms. The summed E-state index contributed by atoms with van der Waals surface area (Å²) in [6, 6.07) is 18.6. The first-order chi connectivity index (χ1) is 16.7. The zero-order valence-corrected chi connectivity index (χ0v) is 21.5. The summed E-state index contributed by atoms with van der Waals surface area (Å²) in [6.07, 6.45) is -0.0519. The Morgan fingerprint density at radius 2 is 1.71 bits per heavy atom. The molecule has 3 aromatic rings. The van der Waals surface area contributed by atoms with E-state index in [2.05, 4.69) is 15.9 Å². The molecule has 180 valence electrons. The summed E-state index contributed by atoms with van der Waals surface area (Å²) in [5.74, 6) is -0.461. The van der Waals surface area contributed by atoms with Crippen LogP contribution in [0.25, 0.3) is 5.76 Å². The number of aliphatic hydroxyl groups is 1. The minimum absolute atomic E-state index is 0.0224. The monoisotopic (exact) mass is 535 g/mol. The van der Waals surface area contributed by atoms with Gasteiger partial charge < -0.3 is 14.6 Å². The van der Waals surface area contributed by atoms with E-state index in [4.69, 9.17) is 9.47 Å². The molecule has 1 aliphatic heterocycles. The number of aryl methyl sites for hydroxylation is 1. The molecule has 0 aromatic heterocycles. The standard InChI is InChI=1S/C28H26BrNO5/c1-16(2)35-22-7-5-6-18(15-22)25-24(26(31)19-8-13-23(29)17(3)14-19)27(32)28(33)30(25)20-9-11-21(34-4)12-10-20/h5-16,25,31H,1-4H3/b26-24-. The zero-order chi connectivity index (χ0) is 25.3. The summed E-state index contributed by atoms with van der Waals surface area (Å²) in [5, 5.41) is 11.3. The first kappa shape index (κ1) is 24.5. The minimum Gasteiger partial charge on any atom is -0.507 e. The third-order valence-corrected chi connectivity index (χ3v) is 6.66. The number of amides is 1. The van der Waals surface area contributed by atoms with Gasteiger partial charge in [0, 0.05) is 15.7 Å². The van der Waals surface area contributed by atoms with Crippen LogP contribution in [0.15, 0.2) is 76.8 Å². The fourth-order valence-corrected chi connectivity index (χ4v) is 4.38. The summed E-state index contributed by atoms with van der Waals surface area (Å²) in [6.45, 7) is 5.74. The number of hydrogen-bond acceptors (Lipinski definition) is 5. The molecule has 0 aliphatic carbocycles. The molecular formula is C28H26BrNO5. The van der Waals surface area contributed by atoms with Gasteiger partial charge in [0.15, 0.2) is 0 Å². The van der Waals surface area contributed by atoms with Gasteiger partial charge in [0.1, 0.15) is 17.3 Å². The molecule has 1 fully saturated rings. The van der Waals surface area contributed by atoms with E-state index >= 15 is 0 Å². The van der Waals surface area contributed by atoms with Crippen LogP contribution in [0.2, 0.25) is 0 Å². The lowest BCUT2D eigenvalue weighted by Crippen LogP contribution is -2.29. The van der Waals surface area contributed by atoms with E-state index in [1.807, 2.05) is 39.0 Å². The van der Waals surface area contributed by atoms with Crippen molar-refractivity contribution in [2.45, 2.75) is 32.9 Å². The van der Waals surface area contributed by atoms with Gasteiger partial charge in [0.25, 0.3) is 11.7 Å². The molecule has 1 heterocycles. The SMILES string of the molecule is COc1ccc(N2C(=O)C(=O)/C(=C(\O)c3ccc(Br)c(C)c3)C2c2cccc(OC(C)C)c2)cc1. The Bertz CT molecular complexity index is 1310. The Kier molecular flexibility index (Phi) is 6.98. The molecule has 3 aromatic carbocycles.